The van der Waals surface area contributed by atoms with Crippen molar-refractivity contribution in [3.05, 3.63) is 29.8 Å². The summed E-state index contributed by atoms with van der Waals surface area (Å²) in [6, 6.07) is 3.78. The van der Waals surface area contributed by atoms with E-state index in [2.05, 4.69) is 26.9 Å². The van der Waals surface area contributed by atoms with Gasteiger partial charge in [0.15, 0.2) is 5.82 Å². The maximum atomic E-state index is 5.98. The van der Waals surface area contributed by atoms with Gasteiger partial charge < -0.3 is 10.5 Å². The quantitative estimate of drug-likeness (QED) is 0.889. The van der Waals surface area contributed by atoms with Gasteiger partial charge in [0.2, 0.25) is 5.88 Å². The van der Waals surface area contributed by atoms with Crippen LogP contribution in [0.5, 0.6) is 5.88 Å². The predicted octanol–water partition coefficient (Wildman–Crippen LogP) is 1.53. The average molecular weight is 273 g/mol. The molecule has 2 aromatic heterocycles. The Kier molecular flexibility index (Phi) is 4.57. The van der Waals surface area contributed by atoms with E-state index in [1.54, 1.807) is 13.2 Å². The fraction of sp³-hybridized carbons (Fsp3) is 0.429. The molecule has 106 valence electrons. The lowest BCUT2D eigenvalue weighted by Gasteiger charge is -2.10. The highest BCUT2D eigenvalue weighted by atomic mass is 16.5. The second-order valence-electron chi connectivity index (χ2n) is 4.64. The van der Waals surface area contributed by atoms with Crippen molar-refractivity contribution in [1.29, 1.82) is 0 Å². The smallest absolute Gasteiger partial charge is 0.216 e. The second-order valence-corrected chi connectivity index (χ2v) is 4.64. The molecule has 0 saturated carbocycles. The summed E-state index contributed by atoms with van der Waals surface area (Å²) in [5, 5.41) is 0. The molecule has 0 fully saturated rings. The molecule has 0 spiro atoms. The molecule has 2 rings (SSSR count). The molecule has 20 heavy (non-hydrogen) atoms. The highest BCUT2D eigenvalue weighted by Crippen LogP contribution is 2.17. The zero-order chi connectivity index (χ0) is 14.5. The van der Waals surface area contributed by atoms with Crippen molar-refractivity contribution in [2.75, 3.05) is 7.11 Å². The van der Waals surface area contributed by atoms with Crippen molar-refractivity contribution in [3.63, 3.8) is 0 Å². The number of methoxy groups -OCH3 is 1. The van der Waals surface area contributed by atoms with Crippen molar-refractivity contribution < 1.29 is 4.74 Å². The Morgan fingerprint density at radius 1 is 1.25 bits per heavy atom. The third kappa shape index (κ3) is 3.48. The van der Waals surface area contributed by atoms with E-state index in [0.29, 0.717) is 17.4 Å². The molecule has 6 heteroatoms. The third-order valence-electron chi connectivity index (χ3n) is 2.98. The molecule has 0 aliphatic heterocycles. The summed E-state index contributed by atoms with van der Waals surface area (Å²) in [4.78, 5) is 17.1. The minimum Gasteiger partial charge on any atom is -0.481 e. The van der Waals surface area contributed by atoms with Crippen LogP contribution in [0.3, 0.4) is 0 Å². The Hall–Kier alpha value is -2.08. The number of hydrogen-bond donors (Lipinski definition) is 1. The molecule has 0 aliphatic carbocycles. The molecular formula is C14H19N5O. The Morgan fingerprint density at radius 2 is 2.05 bits per heavy atom. The molecule has 1 atom stereocenters. The first-order valence-electron chi connectivity index (χ1n) is 6.59. The van der Waals surface area contributed by atoms with E-state index < -0.39 is 0 Å². The second kappa shape index (κ2) is 6.38. The molecule has 0 aromatic carbocycles. The fourth-order valence-corrected chi connectivity index (χ4v) is 1.84. The molecule has 0 aliphatic rings. The number of aromatic nitrogens is 4. The zero-order valence-corrected chi connectivity index (χ0v) is 12.0. The first-order valence-corrected chi connectivity index (χ1v) is 6.59. The van der Waals surface area contributed by atoms with Crippen molar-refractivity contribution in [2.24, 2.45) is 5.73 Å². The minimum absolute atomic E-state index is 0.108. The van der Waals surface area contributed by atoms with Gasteiger partial charge in [-0.25, -0.2) is 19.9 Å². The van der Waals surface area contributed by atoms with E-state index in [0.717, 1.165) is 24.2 Å². The van der Waals surface area contributed by atoms with Gasteiger partial charge in [-0.2, -0.15) is 0 Å². The summed E-state index contributed by atoms with van der Waals surface area (Å²) in [5.74, 6) is 1.07. The number of hydrogen-bond acceptors (Lipinski definition) is 6. The maximum absolute atomic E-state index is 5.98. The van der Waals surface area contributed by atoms with Crippen LogP contribution < -0.4 is 10.5 Å². The van der Waals surface area contributed by atoms with Gasteiger partial charge in [-0.15, -0.1) is 0 Å². The minimum atomic E-state index is 0.108. The Morgan fingerprint density at radius 3 is 2.75 bits per heavy atom. The molecule has 6 nitrogen and oxygen atoms in total. The van der Waals surface area contributed by atoms with E-state index in [1.165, 1.54) is 6.33 Å². The molecule has 0 radical (unpaired) electrons. The highest BCUT2D eigenvalue weighted by molar-refractivity contribution is 5.50. The summed E-state index contributed by atoms with van der Waals surface area (Å²) in [6.45, 7) is 4.00. The molecule has 2 N–H and O–H groups in total. The van der Waals surface area contributed by atoms with E-state index >= 15 is 0 Å². The summed E-state index contributed by atoms with van der Waals surface area (Å²) in [6.07, 6.45) is 3.09. The van der Waals surface area contributed by atoms with E-state index in [1.807, 2.05) is 13.0 Å². The molecule has 2 aromatic rings. The molecule has 1 unspecified atom stereocenters. The Balaban J connectivity index is 2.35. The van der Waals surface area contributed by atoms with E-state index in [9.17, 15) is 0 Å². The average Bonchev–Trinajstić information content (AvgIpc) is 2.46. The lowest BCUT2D eigenvalue weighted by atomic mass is 10.1. The number of ether oxygens (including phenoxy) is 1. The fourth-order valence-electron chi connectivity index (χ4n) is 1.84. The third-order valence-corrected chi connectivity index (χ3v) is 2.98. The zero-order valence-electron chi connectivity index (χ0n) is 12.0. The monoisotopic (exact) mass is 273 g/mol. The summed E-state index contributed by atoms with van der Waals surface area (Å²) < 4.78 is 5.09. The normalized spacial score (nSPS) is 12.2. The Bertz CT molecular complexity index is 588. The first kappa shape index (κ1) is 14.3. The topological polar surface area (TPSA) is 86.8 Å². The van der Waals surface area contributed by atoms with Gasteiger partial charge in [-0.1, -0.05) is 6.92 Å². The standard InChI is InChI=1S/C14H19N5O/c1-4-10(15)6-11-5-9(2)18-14(19-11)12-7-13(20-3)17-8-16-12/h5,7-8,10H,4,6,15H2,1-3H3. The van der Waals surface area contributed by atoms with E-state index in [-0.39, 0.29) is 6.04 Å². The van der Waals surface area contributed by atoms with Gasteiger partial charge in [0.05, 0.1) is 7.11 Å². The van der Waals surface area contributed by atoms with Crippen LogP contribution in [-0.2, 0) is 6.42 Å². The van der Waals surface area contributed by atoms with Crippen LogP contribution in [0, 0.1) is 6.92 Å². The van der Waals surface area contributed by atoms with Crippen molar-refractivity contribution >= 4 is 0 Å². The van der Waals surface area contributed by atoms with Gasteiger partial charge in [-0.05, 0) is 19.4 Å². The van der Waals surface area contributed by atoms with Gasteiger partial charge in [0.25, 0.3) is 0 Å². The van der Waals surface area contributed by atoms with Crippen LogP contribution in [0.25, 0.3) is 11.5 Å². The lowest BCUT2D eigenvalue weighted by Crippen LogP contribution is -2.22. The number of rotatable bonds is 5. The van der Waals surface area contributed by atoms with Crippen molar-refractivity contribution in [3.8, 4) is 17.4 Å². The lowest BCUT2D eigenvalue weighted by molar-refractivity contribution is 0.397. The predicted molar refractivity (Wildman–Crippen MR) is 76.3 cm³/mol. The maximum Gasteiger partial charge on any atom is 0.216 e. The number of aryl methyl sites for hydroxylation is 1. The van der Waals surface area contributed by atoms with Crippen molar-refractivity contribution in [1.82, 2.24) is 19.9 Å². The van der Waals surface area contributed by atoms with Crippen LogP contribution in [0.15, 0.2) is 18.5 Å². The van der Waals surface area contributed by atoms with Gasteiger partial charge in [0, 0.05) is 29.9 Å². The van der Waals surface area contributed by atoms with Crippen LogP contribution in [0.1, 0.15) is 24.7 Å². The largest absolute Gasteiger partial charge is 0.481 e. The Labute approximate surface area is 118 Å². The summed E-state index contributed by atoms with van der Waals surface area (Å²) in [7, 11) is 1.56. The van der Waals surface area contributed by atoms with Crippen molar-refractivity contribution in [2.45, 2.75) is 32.7 Å². The van der Waals surface area contributed by atoms with Crippen LogP contribution in [0.4, 0.5) is 0 Å². The molecule has 2 heterocycles. The van der Waals surface area contributed by atoms with Crippen LogP contribution >= 0.6 is 0 Å². The summed E-state index contributed by atoms with van der Waals surface area (Å²) >= 11 is 0. The van der Waals surface area contributed by atoms with Gasteiger partial charge >= 0.3 is 0 Å². The van der Waals surface area contributed by atoms with Crippen LogP contribution in [-0.4, -0.2) is 33.1 Å². The molecule has 0 amide bonds. The van der Waals surface area contributed by atoms with Crippen LogP contribution in [0.2, 0.25) is 0 Å². The van der Waals surface area contributed by atoms with Gasteiger partial charge in [0.1, 0.15) is 12.0 Å². The van der Waals surface area contributed by atoms with E-state index in [4.69, 9.17) is 10.5 Å². The number of nitrogens with zero attached hydrogens (tertiary/aromatic N) is 4. The highest BCUT2D eigenvalue weighted by Gasteiger charge is 2.10. The SMILES string of the molecule is CCC(N)Cc1cc(C)nc(-c2cc(OC)ncn2)n1. The first-order chi connectivity index (χ1) is 9.62. The molecular weight excluding hydrogens is 254 g/mol. The number of nitrogens with two attached hydrogens (primary N) is 1. The van der Waals surface area contributed by atoms with Gasteiger partial charge in [-0.3, -0.25) is 0 Å². The summed E-state index contributed by atoms with van der Waals surface area (Å²) in [5.41, 5.74) is 8.45. The molecule has 0 bridgehead atoms. The molecule has 0 saturated heterocycles.